The molecule has 21 heavy (non-hydrogen) atoms. The largest absolute Gasteiger partial charge is 0.480 e. The molecule has 1 saturated carbocycles. The van der Waals surface area contributed by atoms with Crippen molar-refractivity contribution in [1.82, 2.24) is 5.32 Å². The zero-order chi connectivity index (χ0) is 15.9. The SMILES string of the molecule is CC(C)(C)OC(=O)NCC1CCC(COCC(=O)O)CC1. The second-order valence-corrected chi connectivity index (χ2v) is 6.68. The van der Waals surface area contributed by atoms with Crippen LogP contribution in [0.2, 0.25) is 0 Å². The van der Waals surface area contributed by atoms with Crippen LogP contribution in [0.1, 0.15) is 46.5 Å². The van der Waals surface area contributed by atoms with E-state index < -0.39 is 11.6 Å². The topological polar surface area (TPSA) is 84.9 Å². The molecule has 0 aromatic heterocycles. The van der Waals surface area contributed by atoms with Crippen LogP contribution in [-0.4, -0.2) is 42.5 Å². The lowest BCUT2D eigenvalue weighted by Gasteiger charge is -2.28. The molecule has 6 nitrogen and oxygen atoms in total. The smallest absolute Gasteiger partial charge is 0.407 e. The van der Waals surface area contributed by atoms with E-state index in [1.54, 1.807) is 0 Å². The number of carbonyl (C=O) groups excluding carboxylic acids is 1. The van der Waals surface area contributed by atoms with E-state index in [1.807, 2.05) is 20.8 Å². The molecule has 2 N–H and O–H groups in total. The molecule has 0 saturated heterocycles. The minimum absolute atomic E-state index is 0.222. The first-order chi connectivity index (χ1) is 9.76. The fraction of sp³-hybridized carbons (Fsp3) is 0.867. The summed E-state index contributed by atoms with van der Waals surface area (Å²) in [5.41, 5.74) is -0.469. The number of carbonyl (C=O) groups is 2. The first kappa shape index (κ1) is 17.8. The van der Waals surface area contributed by atoms with Gasteiger partial charge in [-0.1, -0.05) is 0 Å². The highest BCUT2D eigenvalue weighted by Gasteiger charge is 2.23. The predicted molar refractivity (Wildman–Crippen MR) is 78.1 cm³/mol. The summed E-state index contributed by atoms with van der Waals surface area (Å²) >= 11 is 0. The number of rotatable bonds is 6. The Bertz CT molecular complexity index is 342. The normalized spacial score (nSPS) is 22.6. The van der Waals surface area contributed by atoms with Crippen LogP contribution in [-0.2, 0) is 14.3 Å². The Hall–Kier alpha value is -1.30. The second kappa shape index (κ2) is 8.22. The number of nitrogens with one attached hydrogen (secondary N) is 1. The second-order valence-electron chi connectivity index (χ2n) is 6.68. The lowest BCUT2D eigenvalue weighted by Crippen LogP contribution is -2.36. The van der Waals surface area contributed by atoms with Gasteiger partial charge in [-0.15, -0.1) is 0 Å². The molecule has 6 heteroatoms. The summed E-state index contributed by atoms with van der Waals surface area (Å²) in [6, 6.07) is 0. The van der Waals surface area contributed by atoms with Crippen molar-refractivity contribution in [2.75, 3.05) is 19.8 Å². The molecular formula is C15H27NO5. The Morgan fingerprint density at radius 3 is 2.24 bits per heavy atom. The predicted octanol–water partition coefficient (Wildman–Crippen LogP) is 2.42. The summed E-state index contributed by atoms with van der Waals surface area (Å²) in [6.07, 6.45) is 3.71. The van der Waals surface area contributed by atoms with Crippen molar-refractivity contribution >= 4 is 12.1 Å². The van der Waals surface area contributed by atoms with E-state index in [9.17, 15) is 9.59 Å². The fourth-order valence-corrected chi connectivity index (χ4v) is 2.46. The van der Waals surface area contributed by atoms with Crippen LogP contribution in [0.4, 0.5) is 4.79 Å². The zero-order valence-corrected chi connectivity index (χ0v) is 13.2. The monoisotopic (exact) mass is 301 g/mol. The number of amides is 1. The number of carboxylic acid groups (broad SMARTS) is 1. The third-order valence-electron chi connectivity index (χ3n) is 3.48. The van der Waals surface area contributed by atoms with Crippen molar-refractivity contribution in [1.29, 1.82) is 0 Å². The summed E-state index contributed by atoms with van der Waals surface area (Å²) in [5.74, 6) is -0.0272. The van der Waals surface area contributed by atoms with Gasteiger partial charge in [0.2, 0.25) is 0 Å². The Morgan fingerprint density at radius 2 is 1.71 bits per heavy atom. The molecule has 0 aliphatic heterocycles. The molecule has 1 rings (SSSR count). The Balaban J connectivity index is 2.13. The molecule has 0 heterocycles. The molecule has 1 fully saturated rings. The number of aliphatic carboxylic acids is 1. The van der Waals surface area contributed by atoms with Gasteiger partial charge in [0, 0.05) is 6.54 Å². The van der Waals surface area contributed by atoms with Crippen molar-refractivity contribution in [2.24, 2.45) is 11.8 Å². The number of hydrogen-bond acceptors (Lipinski definition) is 4. The van der Waals surface area contributed by atoms with Crippen molar-refractivity contribution in [3.63, 3.8) is 0 Å². The lowest BCUT2D eigenvalue weighted by atomic mass is 9.82. The third-order valence-corrected chi connectivity index (χ3v) is 3.48. The quantitative estimate of drug-likeness (QED) is 0.787. The summed E-state index contributed by atoms with van der Waals surface area (Å²) < 4.78 is 10.3. The molecule has 1 aliphatic rings. The van der Waals surface area contributed by atoms with E-state index in [-0.39, 0.29) is 12.7 Å². The van der Waals surface area contributed by atoms with E-state index in [1.165, 1.54) is 0 Å². The lowest BCUT2D eigenvalue weighted by molar-refractivity contribution is -0.142. The number of carboxylic acids is 1. The molecule has 0 aromatic rings. The molecule has 0 bridgehead atoms. The molecule has 0 radical (unpaired) electrons. The summed E-state index contributed by atoms with van der Waals surface area (Å²) in [6.45, 7) is 6.45. The fourth-order valence-electron chi connectivity index (χ4n) is 2.46. The highest BCUT2D eigenvalue weighted by molar-refractivity contribution is 5.68. The van der Waals surface area contributed by atoms with E-state index >= 15 is 0 Å². The van der Waals surface area contributed by atoms with Gasteiger partial charge in [-0.25, -0.2) is 9.59 Å². The van der Waals surface area contributed by atoms with Crippen LogP contribution < -0.4 is 5.32 Å². The van der Waals surface area contributed by atoms with Gasteiger partial charge in [-0.2, -0.15) is 0 Å². The van der Waals surface area contributed by atoms with Gasteiger partial charge >= 0.3 is 12.1 Å². The van der Waals surface area contributed by atoms with Crippen LogP contribution in [0.15, 0.2) is 0 Å². The van der Waals surface area contributed by atoms with Crippen LogP contribution >= 0.6 is 0 Å². The van der Waals surface area contributed by atoms with E-state index in [0.717, 1.165) is 25.7 Å². The number of ether oxygens (including phenoxy) is 2. The summed E-state index contributed by atoms with van der Waals surface area (Å²) in [4.78, 5) is 21.9. The van der Waals surface area contributed by atoms with Crippen LogP contribution in [0.5, 0.6) is 0 Å². The first-order valence-corrected chi connectivity index (χ1v) is 7.52. The molecule has 0 spiro atoms. The molecular weight excluding hydrogens is 274 g/mol. The van der Waals surface area contributed by atoms with Gasteiger partial charge in [0.15, 0.2) is 0 Å². The maximum atomic E-state index is 11.6. The first-order valence-electron chi connectivity index (χ1n) is 7.52. The van der Waals surface area contributed by atoms with Gasteiger partial charge in [0.1, 0.15) is 12.2 Å². The van der Waals surface area contributed by atoms with Gasteiger partial charge in [0.25, 0.3) is 0 Å². The van der Waals surface area contributed by atoms with Crippen molar-refractivity contribution in [3.05, 3.63) is 0 Å². The van der Waals surface area contributed by atoms with Gasteiger partial charge in [-0.3, -0.25) is 0 Å². The average Bonchev–Trinajstić information content (AvgIpc) is 2.35. The number of alkyl carbamates (subject to hydrolysis) is 1. The maximum absolute atomic E-state index is 11.6. The molecule has 0 aromatic carbocycles. The highest BCUT2D eigenvalue weighted by Crippen LogP contribution is 2.28. The molecule has 0 atom stereocenters. The van der Waals surface area contributed by atoms with Crippen molar-refractivity contribution in [3.8, 4) is 0 Å². The van der Waals surface area contributed by atoms with E-state index in [4.69, 9.17) is 14.6 Å². The van der Waals surface area contributed by atoms with E-state index in [2.05, 4.69) is 5.32 Å². The molecule has 0 unspecified atom stereocenters. The Labute approximate surface area is 126 Å². The van der Waals surface area contributed by atoms with Gasteiger partial charge < -0.3 is 19.9 Å². The highest BCUT2D eigenvalue weighted by atomic mass is 16.6. The third kappa shape index (κ3) is 8.55. The van der Waals surface area contributed by atoms with Crippen molar-refractivity contribution in [2.45, 2.75) is 52.1 Å². The average molecular weight is 301 g/mol. The number of hydrogen-bond donors (Lipinski definition) is 2. The standard InChI is InChI=1S/C15H27NO5/c1-15(2,3)21-14(19)16-8-11-4-6-12(7-5-11)9-20-10-13(17)18/h11-12H,4-10H2,1-3H3,(H,16,19)(H,17,18). The van der Waals surface area contributed by atoms with Crippen LogP contribution in [0.3, 0.4) is 0 Å². The minimum Gasteiger partial charge on any atom is -0.480 e. The molecule has 1 amide bonds. The minimum atomic E-state index is -0.926. The zero-order valence-electron chi connectivity index (χ0n) is 13.2. The van der Waals surface area contributed by atoms with Crippen molar-refractivity contribution < 1.29 is 24.2 Å². The van der Waals surface area contributed by atoms with Gasteiger partial charge in [0.05, 0.1) is 6.61 Å². The van der Waals surface area contributed by atoms with E-state index in [0.29, 0.717) is 25.0 Å². The Morgan fingerprint density at radius 1 is 1.14 bits per heavy atom. The molecule has 122 valence electrons. The summed E-state index contributed by atoms with van der Waals surface area (Å²) in [7, 11) is 0. The van der Waals surface area contributed by atoms with Crippen LogP contribution in [0, 0.1) is 11.8 Å². The van der Waals surface area contributed by atoms with Gasteiger partial charge in [-0.05, 0) is 58.3 Å². The summed E-state index contributed by atoms with van der Waals surface area (Å²) in [5, 5.41) is 11.3. The molecule has 1 aliphatic carbocycles. The Kier molecular flexibility index (Phi) is 6.95. The van der Waals surface area contributed by atoms with Crippen LogP contribution in [0.25, 0.3) is 0 Å². The maximum Gasteiger partial charge on any atom is 0.407 e.